The number of halogens is 3. The van der Waals surface area contributed by atoms with Gasteiger partial charge in [-0.3, -0.25) is 5.41 Å². The molecule has 0 spiro atoms. The van der Waals surface area contributed by atoms with Crippen LogP contribution in [0.2, 0.25) is 0 Å². The van der Waals surface area contributed by atoms with Crippen LogP contribution >= 0.6 is 15.9 Å². The van der Waals surface area contributed by atoms with Crippen molar-refractivity contribution in [2.75, 3.05) is 0 Å². The van der Waals surface area contributed by atoms with Gasteiger partial charge in [-0.2, -0.15) is 0 Å². The Labute approximate surface area is 76.0 Å². The molecule has 0 aliphatic rings. The Morgan fingerprint density at radius 2 is 1.83 bits per heavy atom. The Morgan fingerprint density at radius 1 is 1.33 bits per heavy atom. The zero-order chi connectivity index (χ0) is 9.30. The summed E-state index contributed by atoms with van der Waals surface area (Å²) in [5, 5.41) is 7.00. The second-order valence-electron chi connectivity index (χ2n) is 2.16. The fourth-order valence-electron chi connectivity index (χ4n) is 0.729. The average molecular weight is 235 g/mol. The second-order valence-corrected chi connectivity index (χ2v) is 3.01. The highest BCUT2D eigenvalue weighted by atomic mass is 79.9. The van der Waals surface area contributed by atoms with Gasteiger partial charge in [-0.25, -0.2) is 8.78 Å². The summed E-state index contributed by atoms with van der Waals surface area (Å²) >= 11 is 2.95. The van der Waals surface area contributed by atoms with Crippen LogP contribution in [-0.2, 0) is 0 Å². The summed E-state index contributed by atoms with van der Waals surface area (Å²) in [4.78, 5) is 0. The van der Waals surface area contributed by atoms with E-state index in [0.29, 0.717) is 0 Å². The number of hydrogen-bond acceptors (Lipinski definition) is 1. The van der Waals surface area contributed by atoms with Gasteiger partial charge in [0.2, 0.25) is 0 Å². The summed E-state index contributed by atoms with van der Waals surface area (Å²) in [7, 11) is 0. The van der Waals surface area contributed by atoms with Crippen molar-refractivity contribution in [3.05, 3.63) is 33.8 Å². The van der Waals surface area contributed by atoms with Crippen molar-refractivity contribution in [2.45, 2.75) is 0 Å². The van der Waals surface area contributed by atoms with E-state index >= 15 is 0 Å². The normalized spacial score (nSPS) is 9.92. The van der Waals surface area contributed by atoms with Crippen LogP contribution in [0, 0.1) is 17.0 Å². The summed E-state index contributed by atoms with van der Waals surface area (Å²) in [5.41, 5.74) is 5.24. The van der Waals surface area contributed by atoms with Gasteiger partial charge < -0.3 is 5.73 Å². The van der Waals surface area contributed by atoms with Crippen LogP contribution in [0.3, 0.4) is 0 Å². The third kappa shape index (κ3) is 1.61. The fourth-order valence-corrected chi connectivity index (χ4v) is 1.26. The quantitative estimate of drug-likeness (QED) is 0.436. The number of nitrogens with two attached hydrogens (primary N) is 1. The van der Waals surface area contributed by atoms with Crippen LogP contribution in [0.1, 0.15) is 5.56 Å². The first-order chi connectivity index (χ1) is 5.52. The summed E-state index contributed by atoms with van der Waals surface area (Å²) < 4.78 is 25.4. The molecule has 0 aromatic heterocycles. The molecule has 0 heterocycles. The van der Waals surface area contributed by atoms with Crippen LogP contribution in [0.5, 0.6) is 0 Å². The molecule has 64 valence electrons. The highest BCUT2D eigenvalue weighted by Gasteiger charge is 2.09. The first-order valence-electron chi connectivity index (χ1n) is 3.01. The van der Waals surface area contributed by atoms with E-state index in [9.17, 15) is 8.78 Å². The van der Waals surface area contributed by atoms with Gasteiger partial charge in [0.15, 0.2) is 11.6 Å². The smallest absolute Gasteiger partial charge is 0.159 e. The molecule has 0 saturated heterocycles. The van der Waals surface area contributed by atoms with Gasteiger partial charge in [-0.1, -0.05) is 0 Å². The van der Waals surface area contributed by atoms with E-state index < -0.39 is 11.6 Å². The van der Waals surface area contributed by atoms with Gasteiger partial charge in [0, 0.05) is 10.0 Å². The van der Waals surface area contributed by atoms with Crippen molar-refractivity contribution in [1.29, 1.82) is 5.41 Å². The highest BCUT2D eigenvalue weighted by molar-refractivity contribution is 9.10. The van der Waals surface area contributed by atoms with Crippen LogP contribution in [0.25, 0.3) is 0 Å². The van der Waals surface area contributed by atoms with E-state index in [1.807, 2.05) is 0 Å². The SMILES string of the molecule is N=C(N)c1cc(F)c(F)cc1Br. The Morgan fingerprint density at radius 3 is 2.33 bits per heavy atom. The van der Waals surface area contributed by atoms with Gasteiger partial charge in [0.1, 0.15) is 5.84 Å². The first-order valence-corrected chi connectivity index (χ1v) is 3.80. The second kappa shape index (κ2) is 3.18. The summed E-state index contributed by atoms with van der Waals surface area (Å²) in [6.07, 6.45) is 0. The molecule has 5 heteroatoms. The van der Waals surface area contributed by atoms with Gasteiger partial charge in [-0.05, 0) is 28.1 Å². The minimum atomic E-state index is -1.01. The number of nitrogen functional groups attached to an aromatic ring is 1. The lowest BCUT2D eigenvalue weighted by Crippen LogP contribution is -2.12. The molecule has 1 aromatic carbocycles. The maximum Gasteiger partial charge on any atom is 0.159 e. The minimum absolute atomic E-state index is 0.147. The number of nitrogens with one attached hydrogen (secondary N) is 1. The zero-order valence-electron chi connectivity index (χ0n) is 5.87. The average Bonchev–Trinajstić information content (AvgIpc) is 1.96. The molecule has 0 saturated carbocycles. The third-order valence-electron chi connectivity index (χ3n) is 1.30. The lowest BCUT2D eigenvalue weighted by atomic mass is 10.2. The van der Waals surface area contributed by atoms with E-state index in [1.54, 1.807) is 0 Å². The largest absolute Gasteiger partial charge is 0.384 e. The van der Waals surface area contributed by atoms with Crippen molar-refractivity contribution in [3.8, 4) is 0 Å². The summed E-state index contributed by atoms with van der Waals surface area (Å²) in [5.74, 6) is -2.28. The van der Waals surface area contributed by atoms with Crippen LogP contribution in [0.15, 0.2) is 16.6 Å². The maximum atomic E-state index is 12.6. The number of amidine groups is 1. The summed E-state index contributed by atoms with van der Waals surface area (Å²) in [6, 6.07) is 1.81. The van der Waals surface area contributed by atoms with Gasteiger partial charge in [0.05, 0.1) is 0 Å². The standard InChI is InChI=1S/C7H5BrF2N2/c8-4-2-6(10)5(9)1-3(4)7(11)12/h1-2H,(H3,11,12). The van der Waals surface area contributed by atoms with Crippen molar-refractivity contribution in [1.82, 2.24) is 0 Å². The Balaban J connectivity index is 3.33. The molecule has 0 fully saturated rings. The molecule has 0 aliphatic heterocycles. The summed E-state index contributed by atoms with van der Waals surface area (Å²) in [6.45, 7) is 0. The predicted molar refractivity (Wildman–Crippen MR) is 45.1 cm³/mol. The van der Waals surface area contributed by atoms with E-state index in [-0.39, 0.29) is 15.9 Å². The molecular weight excluding hydrogens is 230 g/mol. The van der Waals surface area contributed by atoms with E-state index in [2.05, 4.69) is 15.9 Å². The molecule has 12 heavy (non-hydrogen) atoms. The molecule has 0 amide bonds. The monoisotopic (exact) mass is 234 g/mol. The third-order valence-corrected chi connectivity index (χ3v) is 1.96. The topological polar surface area (TPSA) is 49.9 Å². The number of rotatable bonds is 1. The highest BCUT2D eigenvalue weighted by Crippen LogP contribution is 2.19. The van der Waals surface area contributed by atoms with Crippen molar-refractivity contribution < 1.29 is 8.78 Å². The predicted octanol–water partition coefficient (Wildman–Crippen LogP) is 2.01. The Bertz CT molecular complexity index is 338. The molecule has 0 unspecified atom stereocenters. The molecule has 1 aromatic rings. The van der Waals surface area contributed by atoms with E-state index in [4.69, 9.17) is 11.1 Å². The number of hydrogen-bond donors (Lipinski definition) is 2. The fraction of sp³-hybridized carbons (Fsp3) is 0. The van der Waals surface area contributed by atoms with Crippen LogP contribution in [0.4, 0.5) is 8.78 Å². The molecule has 3 N–H and O–H groups in total. The molecule has 1 rings (SSSR count). The Hall–Kier alpha value is -0.970. The number of benzene rings is 1. The molecule has 0 bridgehead atoms. The van der Waals surface area contributed by atoms with E-state index in [0.717, 1.165) is 12.1 Å². The van der Waals surface area contributed by atoms with Crippen LogP contribution < -0.4 is 5.73 Å². The lowest BCUT2D eigenvalue weighted by molar-refractivity contribution is 0.507. The van der Waals surface area contributed by atoms with Gasteiger partial charge >= 0.3 is 0 Å². The first kappa shape index (κ1) is 9.12. The Kier molecular flexibility index (Phi) is 2.42. The van der Waals surface area contributed by atoms with Crippen molar-refractivity contribution >= 4 is 21.8 Å². The molecular formula is C7H5BrF2N2. The molecule has 0 aliphatic carbocycles. The van der Waals surface area contributed by atoms with Gasteiger partial charge in [0.25, 0.3) is 0 Å². The lowest BCUT2D eigenvalue weighted by Gasteiger charge is -2.02. The minimum Gasteiger partial charge on any atom is -0.384 e. The van der Waals surface area contributed by atoms with Gasteiger partial charge in [-0.15, -0.1) is 0 Å². The maximum absolute atomic E-state index is 12.6. The zero-order valence-corrected chi connectivity index (χ0v) is 7.45. The van der Waals surface area contributed by atoms with Crippen molar-refractivity contribution in [3.63, 3.8) is 0 Å². The van der Waals surface area contributed by atoms with Crippen molar-refractivity contribution in [2.24, 2.45) is 5.73 Å². The molecule has 0 radical (unpaired) electrons. The van der Waals surface area contributed by atoms with Crippen LogP contribution in [-0.4, -0.2) is 5.84 Å². The molecule has 0 atom stereocenters. The molecule has 2 nitrogen and oxygen atoms in total. The van der Waals surface area contributed by atoms with E-state index in [1.165, 1.54) is 0 Å².